The molecule has 0 atom stereocenters. The first-order valence-corrected chi connectivity index (χ1v) is 9.77. The number of hydrogen-bond donors (Lipinski definition) is 0. The second-order valence-corrected chi connectivity index (χ2v) is 7.31. The third-order valence-corrected chi connectivity index (χ3v) is 5.57. The van der Waals surface area contributed by atoms with E-state index in [1.807, 2.05) is 17.5 Å². The average molecular weight is 397 g/mol. The van der Waals surface area contributed by atoms with Crippen LogP contribution in [0, 0.1) is 0 Å². The molecule has 1 aliphatic rings. The summed E-state index contributed by atoms with van der Waals surface area (Å²) in [4.78, 5) is 29.7. The average Bonchev–Trinajstić information content (AvgIpc) is 3.45. The molecule has 1 aromatic carbocycles. The Morgan fingerprint density at radius 2 is 1.71 bits per heavy atom. The quantitative estimate of drug-likeness (QED) is 0.676. The van der Waals surface area contributed by atoms with Crippen molar-refractivity contribution in [3.05, 3.63) is 59.1 Å². The highest BCUT2D eigenvalue weighted by Crippen LogP contribution is 2.25. The molecule has 1 fully saturated rings. The summed E-state index contributed by atoms with van der Waals surface area (Å²) in [5, 5.41) is 5.86. The predicted octanol–water partition coefficient (Wildman–Crippen LogP) is 3.01. The molecule has 1 aliphatic heterocycles. The Labute approximate surface area is 166 Å². The van der Waals surface area contributed by atoms with Gasteiger partial charge in [-0.1, -0.05) is 11.2 Å². The first-order chi connectivity index (χ1) is 13.7. The van der Waals surface area contributed by atoms with Gasteiger partial charge in [-0.25, -0.2) is 0 Å². The van der Waals surface area contributed by atoms with Crippen molar-refractivity contribution in [2.45, 2.75) is 0 Å². The van der Waals surface area contributed by atoms with Gasteiger partial charge in [0.25, 0.3) is 11.8 Å². The summed E-state index contributed by atoms with van der Waals surface area (Å²) in [7, 11) is 1.59. The lowest BCUT2D eigenvalue weighted by Crippen LogP contribution is -2.50. The van der Waals surface area contributed by atoms with Gasteiger partial charge >= 0.3 is 0 Å². The van der Waals surface area contributed by atoms with Crippen molar-refractivity contribution >= 4 is 23.2 Å². The van der Waals surface area contributed by atoms with Crippen LogP contribution < -0.4 is 4.74 Å². The monoisotopic (exact) mass is 397 g/mol. The zero-order chi connectivity index (χ0) is 19.5. The number of methoxy groups -OCH3 is 1. The number of hydrogen-bond acceptors (Lipinski definition) is 6. The lowest BCUT2D eigenvalue weighted by atomic mass is 10.1. The Balaban J connectivity index is 1.37. The maximum atomic E-state index is 12.7. The Bertz CT molecular complexity index is 958. The fourth-order valence-corrected chi connectivity index (χ4v) is 3.77. The van der Waals surface area contributed by atoms with Crippen LogP contribution in [0.1, 0.15) is 20.8 Å². The van der Waals surface area contributed by atoms with Gasteiger partial charge in [0.05, 0.1) is 12.0 Å². The number of aromatic nitrogens is 1. The Kier molecular flexibility index (Phi) is 5.12. The summed E-state index contributed by atoms with van der Waals surface area (Å²) < 4.78 is 10.4. The van der Waals surface area contributed by atoms with Crippen molar-refractivity contribution in [2.75, 3.05) is 33.3 Å². The summed E-state index contributed by atoms with van der Waals surface area (Å²) in [6, 6.07) is 12.5. The normalized spacial score (nSPS) is 14.2. The Morgan fingerprint density at radius 3 is 2.32 bits per heavy atom. The molecule has 2 aromatic heterocycles. The minimum Gasteiger partial charge on any atom is -0.497 e. The van der Waals surface area contributed by atoms with Crippen molar-refractivity contribution in [3.63, 3.8) is 0 Å². The van der Waals surface area contributed by atoms with Crippen LogP contribution in [0.5, 0.6) is 5.75 Å². The second-order valence-electron chi connectivity index (χ2n) is 6.37. The Morgan fingerprint density at radius 1 is 1.04 bits per heavy atom. The van der Waals surface area contributed by atoms with Crippen molar-refractivity contribution < 1.29 is 18.8 Å². The van der Waals surface area contributed by atoms with Crippen LogP contribution in [0.25, 0.3) is 10.6 Å². The molecule has 0 radical (unpaired) electrons. The number of benzene rings is 1. The van der Waals surface area contributed by atoms with E-state index in [2.05, 4.69) is 5.16 Å². The van der Waals surface area contributed by atoms with E-state index < -0.39 is 0 Å². The van der Waals surface area contributed by atoms with Gasteiger partial charge in [0.2, 0.25) is 0 Å². The maximum Gasteiger partial charge on any atom is 0.276 e. The van der Waals surface area contributed by atoms with Gasteiger partial charge in [-0.3, -0.25) is 9.59 Å². The van der Waals surface area contributed by atoms with Crippen LogP contribution in [-0.4, -0.2) is 60.1 Å². The molecule has 2 amide bonds. The molecule has 3 aromatic rings. The highest BCUT2D eigenvalue weighted by atomic mass is 32.1. The molecule has 28 heavy (non-hydrogen) atoms. The van der Waals surface area contributed by atoms with E-state index in [1.54, 1.807) is 47.2 Å². The number of thiophene rings is 1. The molecule has 7 nitrogen and oxygen atoms in total. The maximum absolute atomic E-state index is 12.7. The van der Waals surface area contributed by atoms with Crippen molar-refractivity contribution in [1.82, 2.24) is 15.0 Å². The predicted molar refractivity (Wildman–Crippen MR) is 105 cm³/mol. The Hall–Kier alpha value is -3.13. The molecule has 0 bridgehead atoms. The molecule has 0 saturated carbocycles. The minimum absolute atomic E-state index is 0.0452. The highest BCUT2D eigenvalue weighted by molar-refractivity contribution is 7.13. The van der Waals surface area contributed by atoms with Crippen molar-refractivity contribution in [1.29, 1.82) is 0 Å². The highest BCUT2D eigenvalue weighted by Gasteiger charge is 2.27. The number of nitrogens with zero attached hydrogens (tertiary/aromatic N) is 3. The first kappa shape index (κ1) is 18.2. The number of piperazine rings is 1. The molecular formula is C20H19N3O4S. The lowest BCUT2D eigenvalue weighted by molar-refractivity contribution is 0.0530. The number of carbonyl (C=O) groups is 2. The largest absolute Gasteiger partial charge is 0.497 e. The summed E-state index contributed by atoms with van der Waals surface area (Å²) in [6.07, 6.45) is 0. The molecule has 0 N–H and O–H groups in total. The smallest absolute Gasteiger partial charge is 0.276 e. The van der Waals surface area contributed by atoms with E-state index in [-0.39, 0.29) is 11.8 Å². The minimum atomic E-state index is -0.178. The van der Waals surface area contributed by atoms with Crippen LogP contribution in [-0.2, 0) is 0 Å². The van der Waals surface area contributed by atoms with E-state index in [0.29, 0.717) is 48.9 Å². The fraction of sp³-hybridized carbons (Fsp3) is 0.250. The van der Waals surface area contributed by atoms with Crippen molar-refractivity contribution in [2.24, 2.45) is 0 Å². The first-order valence-electron chi connectivity index (χ1n) is 8.89. The molecule has 1 saturated heterocycles. The molecule has 0 unspecified atom stereocenters. The van der Waals surface area contributed by atoms with Crippen LogP contribution in [0.2, 0.25) is 0 Å². The van der Waals surface area contributed by atoms with E-state index in [0.717, 1.165) is 4.88 Å². The molecule has 8 heteroatoms. The van der Waals surface area contributed by atoms with Crippen LogP contribution in [0.3, 0.4) is 0 Å². The van der Waals surface area contributed by atoms with E-state index in [9.17, 15) is 9.59 Å². The summed E-state index contributed by atoms with van der Waals surface area (Å²) in [5.41, 5.74) is 0.899. The molecule has 3 heterocycles. The lowest BCUT2D eigenvalue weighted by Gasteiger charge is -2.34. The standard InChI is InChI=1S/C20H19N3O4S/c1-26-15-6-4-14(5-7-15)19(24)22-8-10-23(11-9-22)20(25)16-13-17(27-21-16)18-3-2-12-28-18/h2-7,12-13H,8-11H2,1H3. The SMILES string of the molecule is COc1ccc(C(=O)N2CCN(C(=O)c3cc(-c4cccs4)on3)CC2)cc1. The zero-order valence-electron chi connectivity index (χ0n) is 15.3. The fourth-order valence-electron chi connectivity index (χ4n) is 3.10. The van der Waals surface area contributed by atoms with Gasteiger partial charge in [-0.2, -0.15) is 0 Å². The van der Waals surface area contributed by atoms with Crippen molar-refractivity contribution in [3.8, 4) is 16.4 Å². The van der Waals surface area contributed by atoms with E-state index >= 15 is 0 Å². The molecule has 4 rings (SSSR count). The van der Waals surface area contributed by atoms with Gasteiger partial charge in [-0.05, 0) is 35.7 Å². The van der Waals surface area contributed by atoms with E-state index in [1.165, 1.54) is 11.3 Å². The molecule has 0 spiro atoms. The topological polar surface area (TPSA) is 75.9 Å². The van der Waals surface area contributed by atoms with Gasteiger partial charge in [-0.15, -0.1) is 11.3 Å². The number of amides is 2. The molecule has 0 aliphatic carbocycles. The zero-order valence-corrected chi connectivity index (χ0v) is 16.1. The summed E-state index contributed by atoms with van der Waals surface area (Å²) >= 11 is 1.53. The van der Waals surface area contributed by atoms with Gasteiger partial charge < -0.3 is 19.1 Å². The molecular weight excluding hydrogens is 378 g/mol. The summed E-state index contributed by atoms with van der Waals surface area (Å²) in [5.74, 6) is 1.08. The van der Waals surface area contributed by atoms with Crippen LogP contribution >= 0.6 is 11.3 Å². The van der Waals surface area contributed by atoms with Crippen LogP contribution in [0.4, 0.5) is 0 Å². The van der Waals surface area contributed by atoms with Crippen LogP contribution in [0.15, 0.2) is 52.4 Å². The van der Waals surface area contributed by atoms with Gasteiger partial charge in [0, 0.05) is 37.8 Å². The third kappa shape index (κ3) is 3.63. The third-order valence-electron chi connectivity index (χ3n) is 4.68. The number of rotatable bonds is 4. The molecule has 144 valence electrons. The van der Waals surface area contributed by atoms with E-state index in [4.69, 9.17) is 9.26 Å². The summed E-state index contributed by atoms with van der Waals surface area (Å²) in [6.45, 7) is 1.88. The number of carbonyl (C=O) groups excluding carboxylic acids is 2. The number of ether oxygens (including phenoxy) is 1. The second kappa shape index (κ2) is 7.85. The van der Waals surface area contributed by atoms with Gasteiger partial charge in [0.15, 0.2) is 11.5 Å². The van der Waals surface area contributed by atoms with Gasteiger partial charge in [0.1, 0.15) is 5.75 Å².